The second-order valence-corrected chi connectivity index (χ2v) is 5.89. The zero-order valence-corrected chi connectivity index (χ0v) is 13.8. The zero-order chi connectivity index (χ0) is 17.3. The molecule has 3 nitrogen and oxygen atoms in total. The van der Waals surface area contributed by atoms with E-state index in [-0.39, 0.29) is 12.2 Å². The molecule has 0 aliphatic rings. The van der Waals surface area contributed by atoms with Crippen LogP contribution in [0, 0.1) is 5.82 Å². The Morgan fingerprint density at radius 3 is 2.67 bits per heavy atom. The Morgan fingerprint density at radius 2 is 2.00 bits per heavy atom. The van der Waals surface area contributed by atoms with Crippen molar-refractivity contribution in [3.8, 4) is 11.3 Å². The van der Waals surface area contributed by atoms with Crippen molar-refractivity contribution in [1.82, 2.24) is 4.98 Å². The molecule has 2 aromatic carbocycles. The summed E-state index contributed by atoms with van der Waals surface area (Å²) < 4.78 is 14.2. The number of aromatic nitrogens is 1. The van der Waals surface area contributed by atoms with Crippen LogP contribution in [0.2, 0.25) is 5.02 Å². The van der Waals surface area contributed by atoms with Crippen molar-refractivity contribution >= 4 is 28.5 Å². The minimum Gasteiger partial charge on any atom is -0.481 e. The molecule has 0 unspecified atom stereocenters. The summed E-state index contributed by atoms with van der Waals surface area (Å²) in [7, 11) is 0. The van der Waals surface area contributed by atoms with Gasteiger partial charge in [0.2, 0.25) is 0 Å². The van der Waals surface area contributed by atoms with Crippen molar-refractivity contribution in [3.63, 3.8) is 0 Å². The lowest BCUT2D eigenvalue weighted by Gasteiger charge is -2.13. The van der Waals surface area contributed by atoms with Crippen LogP contribution in [0.25, 0.3) is 22.2 Å². The highest BCUT2D eigenvalue weighted by Crippen LogP contribution is 2.35. The van der Waals surface area contributed by atoms with Crippen LogP contribution in [0.3, 0.4) is 0 Å². The molecule has 0 fully saturated rings. The third-order valence-corrected chi connectivity index (χ3v) is 4.35. The lowest BCUT2D eigenvalue weighted by atomic mass is 9.99. The summed E-state index contributed by atoms with van der Waals surface area (Å²) in [5.74, 6) is -1.25. The van der Waals surface area contributed by atoms with Gasteiger partial charge in [-0.1, -0.05) is 36.7 Å². The minimum absolute atomic E-state index is 0.0806. The van der Waals surface area contributed by atoms with E-state index in [4.69, 9.17) is 16.7 Å². The number of fused-ring (bicyclic) bond motifs is 1. The molecule has 1 N–H and O–H groups in total. The average molecular weight is 344 g/mol. The van der Waals surface area contributed by atoms with Gasteiger partial charge in [-0.3, -0.25) is 4.79 Å². The molecule has 3 rings (SSSR count). The highest BCUT2D eigenvalue weighted by molar-refractivity contribution is 6.36. The normalized spacial score (nSPS) is 11.0. The molecule has 0 aliphatic heterocycles. The van der Waals surface area contributed by atoms with Crippen molar-refractivity contribution in [3.05, 3.63) is 64.4 Å². The SMILES string of the molecule is CCc1c(-c2ccccc2F)nc2ccc(CC(=O)O)cc2c1Cl. The van der Waals surface area contributed by atoms with E-state index >= 15 is 0 Å². The smallest absolute Gasteiger partial charge is 0.307 e. The van der Waals surface area contributed by atoms with Crippen LogP contribution in [-0.4, -0.2) is 16.1 Å². The Labute approximate surface area is 143 Å². The van der Waals surface area contributed by atoms with Gasteiger partial charge in [-0.25, -0.2) is 9.37 Å². The molecule has 0 spiro atoms. The summed E-state index contributed by atoms with van der Waals surface area (Å²) in [5.41, 5.74) is 2.96. The Bertz CT molecular complexity index is 940. The molecule has 122 valence electrons. The van der Waals surface area contributed by atoms with Crippen LogP contribution in [0.1, 0.15) is 18.1 Å². The molecule has 0 atom stereocenters. The van der Waals surface area contributed by atoms with E-state index in [0.29, 0.717) is 39.2 Å². The maximum atomic E-state index is 14.2. The van der Waals surface area contributed by atoms with Gasteiger partial charge in [0.25, 0.3) is 0 Å². The molecule has 0 saturated heterocycles. The van der Waals surface area contributed by atoms with Gasteiger partial charge in [-0.2, -0.15) is 0 Å². The van der Waals surface area contributed by atoms with Crippen LogP contribution in [-0.2, 0) is 17.6 Å². The maximum absolute atomic E-state index is 14.2. The Morgan fingerprint density at radius 1 is 1.25 bits per heavy atom. The lowest BCUT2D eigenvalue weighted by molar-refractivity contribution is -0.136. The average Bonchev–Trinajstić information content (AvgIpc) is 2.55. The molecule has 0 aliphatic carbocycles. The summed E-state index contributed by atoms with van der Waals surface area (Å²) >= 11 is 6.55. The van der Waals surface area contributed by atoms with Gasteiger partial charge in [-0.15, -0.1) is 0 Å². The molecular formula is C19H15ClFNO2. The van der Waals surface area contributed by atoms with E-state index in [1.165, 1.54) is 6.07 Å². The highest BCUT2D eigenvalue weighted by Gasteiger charge is 2.17. The summed E-state index contributed by atoms with van der Waals surface area (Å²) in [6.07, 6.45) is 0.511. The molecule has 1 aromatic heterocycles. The van der Waals surface area contributed by atoms with Crippen LogP contribution in [0.15, 0.2) is 42.5 Å². The summed E-state index contributed by atoms with van der Waals surface area (Å²) in [6, 6.07) is 11.6. The highest BCUT2D eigenvalue weighted by atomic mass is 35.5. The van der Waals surface area contributed by atoms with Gasteiger partial charge >= 0.3 is 5.97 Å². The molecule has 0 bridgehead atoms. The number of pyridine rings is 1. The predicted octanol–water partition coefficient (Wildman–Crippen LogP) is 4.88. The van der Waals surface area contributed by atoms with E-state index in [0.717, 1.165) is 5.56 Å². The Hall–Kier alpha value is -2.46. The number of carboxylic acids is 1. The topological polar surface area (TPSA) is 50.2 Å². The molecule has 24 heavy (non-hydrogen) atoms. The van der Waals surface area contributed by atoms with Gasteiger partial charge in [0.15, 0.2) is 0 Å². The van der Waals surface area contributed by atoms with Crippen molar-refractivity contribution < 1.29 is 14.3 Å². The first-order chi connectivity index (χ1) is 11.5. The summed E-state index contributed by atoms with van der Waals surface area (Å²) in [4.78, 5) is 15.5. The van der Waals surface area contributed by atoms with E-state index in [1.54, 1.807) is 36.4 Å². The first-order valence-electron chi connectivity index (χ1n) is 7.59. The number of carbonyl (C=O) groups is 1. The van der Waals surface area contributed by atoms with Crippen molar-refractivity contribution in [2.45, 2.75) is 19.8 Å². The lowest BCUT2D eigenvalue weighted by Crippen LogP contribution is -2.01. The van der Waals surface area contributed by atoms with E-state index in [2.05, 4.69) is 4.98 Å². The second kappa shape index (κ2) is 6.57. The Balaban J connectivity index is 2.26. The van der Waals surface area contributed by atoms with Gasteiger partial charge in [-0.05, 0) is 41.8 Å². The number of nitrogens with zero attached hydrogens (tertiary/aromatic N) is 1. The van der Waals surface area contributed by atoms with Crippen LogP contribution >= 0.6 is 11.6 Å². The first kappa shape index (κ1) is 16.4. The van der Waals surface area contributed by atoms with Gasteiger partial charge in [0.05, 0.1) is 22.7 Å². The largest absolute Gasteiger partial charge is 0.481 e. The number of benzene rings is 2. The maximum Gasteiger partial charge on any atom is 0.307 e. The molecule has 1 heterocycles. The molecule has 0 amide bonds. The van der Waals surface area contributed by atoms with Gasteiger partial charge in [0, 0.05) is 10.9 Å². The molecule has 0 saturated carbocycles. The first-order valence-corrected chi connectivity index (χ1v) is 7.96. The second-order valence-electron chi connectivity index (χ2n) is 5.51. The summed E-state index contributed by atoms with van der Waals surface area (Å²) in [6.45, 7) is 1.93. The standard InChI is InChI=1S/C19H15ClFNO2/c1-2-12-18(20)14-9-11(10-17(23)24)7-8-16(14)22-19(12)13-5-3-4-6-15(13)21/h3-9H,2,10H2,1H3,(H,23,24). The van der Waals surface area contributed by atoms with E-state index < -0.39 is 5.97 Å². The fourth-order valence-electron chi connectivity index (χ4n) is 2.79. The van der Waals surface area contributed by atoms with Crippen LogP contribution in [0.4, 0.5) is 4.39 Å². The van der Waals surface area contributed by atoms with E-state index in [9.17, 15) is 9.18 Å². The number of carboxylic acid groups (broad SMARTS) is 1. The minimum atomic E-state index is -0.905. The fraction of sp³-hybridized carbons (Fsp3) is 0.158. The molecule has 3 aromatic rings. The van der Waals surface area contributed by atoms with Gasteiger partial charge in [0.1, 0.15) is 5.82 Å². The fourth-order valence-corrected chi connectivity index (χ4v) is 3.17. The zero-order valence-electron chi connectivity index (χ0n) is 13.0. The number of hydrogen-bond donors (Lipinski definition) is 1. The molecule has 0 radical (unpaired) electrons. The van der Waals surface area contributed by atoms with Crippen LogP contribution in [0.5, 0.6) is 0 Å². The number of aliphatic carboxylic acids is 1. The monoisotopic (exact) mass is 343 g/mol. The Kier molecular flexibility index (Phi) is 4.49. The molecule has 5 heteroatoms. The summed E-state index contributed by atoms with van der Waals surface area (Å²) in [5, 5.41) is 10.1. The molecular weight excluding hydrogens is 329 g/mol. The van der Waals surface area contributed by atoms with Crippen molar-refractivity contribution in [2.24, 2.45) is 0 Å². The number of rotatable bonds is 4. The van der Waals surface area contributed by atoms with E-state index in [1.807, 2.05) is 6.92 Å². The van der Waals surface area contributed by atoms with Crippen molar-refractivity contribution in [2.75, 3.05) is 0 Å². The quantitative estimate of drug-likeness (QED) is 0.734. The third-order valence-electron chi connectivity index (χ3n) is 3.92. The van der Waals surface area contributed by atoms with Gasteiger partial charge < -0.3 is 5.11 Å². The number of halogens is 2. The third kappa shape index (κ3) is 2.97. The van der Waals surface area contributed by atoms with Crippen molar-refractivity contribution in [1.29, 1.82) is 0 Å². The van der Waals surface area contributed by atoms with Crippen LogP contribution < -0.4 is 0 Å². The number of hydrogen-bond acceptors (Lipinski definition) is 2. The predicted molar refractivity (Wildman–Crippen MR) is 92.9 cm³/mol.